The molecule has 1 saturated carbocycles. The summed E-state index contributed by atoms with van der Waals surface area (Å²) in [5, 5.41) is 7.46. The fraction of sp³-hybridized carbons (Fsp3) is 0.733. The molecule has 2 fully saturated rings. The van der Waals surface area contributed by atoms with Crippen molar-refractivity contribution in [2.75, 3.05) is 11.5 Å². The first-order chi connectivity index (χ1) is 10.2. The molecule has 0 aromatic carbocycles. The summed E-state index contributed by atoms with van der Waals surface area (Å²) in [7, 11) is -3.00. The van der Waals surface area contributed by atoms with Crippen LogP contribution in [0.25, 0.3) is 0 Å². The molecular weight excluding hydrogens is 302 g/mol. The number of sulfone groups is 1. The third-order valence-electron chi connectivity index (χ3n) is 4.16. The Kier molecular flexibility index (Phi) is 3.58. The average Bonchev–Trinajstić information content (AvgIpc) is 3.03. The second-order valence-electron chi connectivity index (χ2n) is 7.38. The molecule has 0 unspecified atom stereocenters. The van der Waals surface area contributed by atoms with Crippen LogP contribution in [0.15, 0.2) is 6.07 Å². The first-order valence-corrected chi connectivity index (χ1v) is 9.59. The molecule has 3 rings (SSSR count). The van der Waals surface area contributed by atoms with Crippen LogP contribution in [-0.2, 0) is 15.4 Å². The van der Waals surface area contributed by atoms with Gasteiger partial charge in [0.2, 0.25) is 0 Å². The zero-order valence-corrected chi connectivity index (χ0v) is 14.1. The smallest absolute Gasteiger partial charge is 0.269 e. The monoisotopic (exact) mass is 325 g/mol. The first-order valence-electron chi connectivity index (χ1n) is 7.77. The number of nitrogens with one attached hydrogen (secondary N) is 1. The van der Waals surface area contributed by atoms with Gasteiger partial charge in [0.15, 0.2) is 9.84 Å². The molecule has 1 aromatic rings. The van der Waals surface area contributed by atoms with Crippen LogP contribution in [0.3, 0.4) is 0 Å². The molecule has 122 valence electrons. The van der Waals surface area contributed by atoms with E-state index < -0.39 is 9.84 Å². The zero-order chi connectivity index (χ0) is 16.1. The number of carbonyl (C=O) groups excluding carboxylic acids is 1. The van der Waals surface area contributed by atoms with Gasteiger partial charge in [-0.25, -0.2) is 8.42 Å². The number of amides is 1. The summed E-state index contributed by atoms with van der Waals surface area (Å²) in [6, 6.07) is 1.58. The highest BCUT2D eigenvalue weighted by atomic mass is 32.2. The van der Waals surface area contributed by atoms with Gasteiger partial charge in [-0.3, -0.25) is 9.48 Å². The van der Waals surface area contributed by atoms with Gasteiger partial charge in [0, 0.05) is 12.0 Å². The van der Waals surface area contributed by atoms with E-state index in [2.05, 4.69) is 10.4 Å². The van der Waals surface area contributed by atoms with Crippen LogP contribution in [-0.4, -0.2) is 41.7 Å². The topological polar surface area (TPSA) is 81.1 Å². The summed E-state index contributed by atoms with van der Waals surface area (Å²) in [6.45, 7) is 6.02. The van der Waals surface area contributed by atoms with Crippen LogP contribution >= 0.6 is 0 Å². The normalized spacial score (nSPS) is 24.4. The van der Waals surface area contributed by atoms with Crippen LogP contribution in [0.4, 0.5) is 0 Å². The highest BCUT2D eigenvalue weighted by molar-refractivity contribution is 7.91. The van der Waals surface area contributed by atoms with Gasteiger partial charge >= 0.3 is 0 Å². The maximum Gasteiger partial charge on any atom is 0.269 e. The molecule has 1 aliphatic heterocycles. The Bertz CT molecular complexity index is 696. The van der Waals surface area contributed by atoms with E-state index in [-0.39, 0.29) is 29.0 Å². The minimum Gasteiger partial charge on any atom is -0.347 e. The van der Waals surface area contributed by atoms with Crippen molar-refractivity contribution < 1.29 is 13.2 Å². The van der Waals surface area contributed by atoms with Crippen molar-refractivity contribution in [1.29, 1.82) is 0 Å². The van der Waals surface area contributed by atoms with Gasteiger partial charge in [-0.15, -0.1) is 0 Å². The average molecular weight is 325 g/mol. The predicted molar refractivity (Wildman–Crippen MR) is 83.7 cm³/mol. The number of hydrogen-bond donors (Lipinski definition) is 1. The molecule has 1 aromatic heterocycles. The number of hydrogen-bond acceptors (Lipinski definition) is 4. The lowest BCUT2D eigenvalue weighted by molar-refractivity contribution is 0.0922. The Hall–Kier alpha value is -1.37. The number of carbonyl (C=O) groups is 1. The summed E-state index contributed by atoms with van der Waals surface area (Å²) in [4.78, 5) is 12.6. The Morgan fingerprint density at radius 1 is 1.32 bits per heavy atom. The fourth-order valence-electron chi connectivity index (χ4n) is 2.82. The van der Waals surface area contributed by atoms with E-state index in [1.54, 1.807) is 4.68 Å². The van der Waals surface area contributed by atoms with E-state index in [1.807, 2.05) is 26.8 Å². The summed E-state index contributed by atoms with van der Waals surface area (Å²) >= 11 is 0. The molecule has 1 N–H and O–H groups in total. The van der Waals surface area contributed by atoms with Crippen LogP contribution in [0, 0.1) is 0 Å². The maximum absolute atomic E-state index is 12.6. The molecule has 2 heterocycles. The Morgan fingerprint density at radius 3 is 2.50 bits per heavy atom. The van der Waals surface area contributed by atoms with Gasteiger partial charge in [0.05, 0.1) is 22.7 Å². The van der Waals surface area contributed by atoms with Gasteiger partial charge in [0.25, 0.3) is 5.91 Å². The van der Waals surface area contributed by atoms with E-state index in [0.29, 0.717) is 18.0 Å². The highest BCUT2D eigenvalue weighted by Gasteiger charge is 2.33. The van der Waals surface area contributed by atoms with Crippen molar-refractivity contribution in [2.45, 2.75) is 57.5 Å². The van der Waals surface area contributed by atoms with Gasteiger partial charge in [-0.2, -0.15) is 5.10 Å². The molecular formula is C15H23N3O3S. The number of aromatic nitrogens is 2. The molecule has 2 aliphatic rings. The SMILES string of the molecule is CC(C)(C)n1nc(C2CC2)cc1C(=O)N[C@H]1CCS(=O)(=O)C1. The molecule has 1 saturated heterocycles. The lowest BCUT2D eigenvalue weighted by Gasteiger charge is -2.22. The predicted octanol–water partition coefficient (Wildman–Crippen LogP) is 1.43. The van der Waals surface area contributed by atoms with E-state index >= 15 is 0 Å². The Labute approximate surface area is 131 Å². The van der Waals surface area contributed by atoms with Crippen molar-refractivity contribution in [2.24, 2.45) is 0 Å². The summed E-state index contributed by atoms with van der Waals surface area (Å²) in [5.74, 6) is 0.445. The van der Waals surface area contributed by atoms with Crippen molar-refractivity contribution in [3.63, 3.8) is 0 Å². The van der Waals surface area contributed by atoms with Crippen molar-refractivity contribution in [3.8, 4) is 0 Å². The minimum atomic E-state index is -3.00. The molecule has 6 nitrogen and oxygen atoms in total. The first kappa shape index (κ1) is 15.5. The van der Waals surface area contributed by atoms with Gasteiger partial charge in [0.1, 0.15) is 5.69 Å². The highest BCUT2D eigenvalue weighted by Crippen LogP contribution is 2.40. The van der Waals surface area contributed by atoms with E-state index in [1.165, 1.54) is 0 Å². The van der Waals surface area contributed by atoms with Gasteiger partial charge in [-0.05, 0) is 46.1 Å². The molecule has 1 aliphatic carbocycles. The van der Waals surface area contributed by atoms with Crippen molar-refractivity contribution >= 4 is 15.7 Å². The van der Waals surface area contributed by atoms with Crippen molar-refractivity contribution in [3.05, 3.63) is 17.5 Å². The molecule has 0 radical (unpaired) electrons. The molecule has 0 spiro atoms. The Morgan fingerprint density at radius 2 is 2.00 bits per heavy atom. The summed E-state index contributed by atoms with van der Waals surface area (Å²) in [6.07, 6.45) is 2.75. The largest absolute Gasteiger partial charge is 0.347 e. The van der Waals surface area contributed by atoms with Crippen molar-refractivity contribution in [1.82, 2.24) is 15.1 Å². The molecule has 7 heteroatoms. The van der Waals surface area contributed by atoms with Crippen LogP contribution in [0.5, 0.6) is 0 Å². The second-order valence-corrected chi connectivity index (χ2v) is 9.61. The minimum absolute atomic E-state index is 0.0396. The third-order valence-corrected chi connectivity index (χ3v) is 5.93. The van der Waals surface area contributed by atoms with Crippen LogP contribution < -0.4 is 5.32 Å². The van der Waals surface area contributed by atoms with Gasteiger partial charge < -0.3 is 5.32 Å². The zero-order valence-electron chi connectivity index (χ0n) is 13.3. The molecule has 1 amide bonds. The summed E-state index contributed by atoms with van der Waals surface area (Å²) in [5.41, 5.74) is 1.21. The Balaban J connectivity index is 1.82. The lowest BCUT2D eigenvalue weighted by atomic mass is 10.1. The van der Waals surface area contributed by atoms with E-state index in [0.717, 1.165) is 18.5 Å². The quantitative estimate of drug-likeness (QED) is 0.911. The van der Waals surface area contributed by atoms with Crippen LogP contribution in [0.2, 0.25) is 0 Å². The van der Waals surface area contributed by atoms with Crippen LogP contribution in [0.1, 0.15) is 62.1 Å². The number of rotatable bonds is 3. The third kappa shape index (κ3) is 3.19. The standard InChI is InChI=1S/C15H23N3O3S/c1-15(2,3)18-13(8-12(17-18)10-4-5-10)14(19)16-11-6-7-22(20,21)9-11/h8,10-11H,4-7,9H2,1-3H3,(H,16,19)/t11-/m0/s1. The maximum atomic E-state index is 12.6. The van der Waals surface area contributed by atoms with E-state index in [9.17, 15) is 13.2 Å². The fourth-order valence-corrected chi connectivity index (χ4v) is 4.49. The second kappa shape index (κ2) is 5.08. The molecule has 0 bridgehead atoms. The van der Waals surface area contributed by atoms with Gasteiger partial charge in [-0.1, -0.05) is 0 Å². The summed E-state index contributed by atoms with van der Waals surface area (Å²) < 4.78 is 24.8. The lowest BCUT2D eigenvalue weighted by Crippen LogP contribution is -2.38. The molecule has 22 heavy (non-hydrogen) atoms. The number of nitrogens with zero attached hydrogens (tertiary/aromatic N) is 2. The molecule has 1 atom stereocenters. The van der Waals surface area contributed by atoms with E-state index in [4.69, 9.17) is 0 Å².